The van der Waals surface area contributed by atoms with Crippen LogP contribution in [0.5, 0.6) is 0 Å². The molecule has 1 heterocycles. The van der Waals surface area contributed by atoms with Gasteiger partial charge in [0, 0.05) is 0 Å². The van der Waals surface area contributed by atoms with Gasteiger partial charge in [-0.3, -0.25) is 0 Å². The molecule has 1 saturated heterocycles. The molecule has 5 heteroatoms. The summed E-state index contributed by atoms with van der Waals surface area (Å²) in [5.41, 5.74) is 0. The number of rotatable bonds is 0. The standard InChI is InChI=1S/C5H10.Al.2ClH.Na.Zn.2H/c1-3-5-4-2;;;;;;;/h1-5H2;;2*1H;;;;/q;;;;;+2;;/p-2. The Morgan fingerprint density at radius 2 is 1.40 bits per heavy atom. The van der Waals surface area contributed by atoms with E-state index >= 15 is 0 Å². The van der Waals surface area contributed by atoms with Crippen LogP contribution in [0.4, 0.5) is 0 Å². The van der Waals surface area contributed by atoms with Crippen molar-refractivity contribution in [2.24, 2.45) is 0 Å². The van der Waals surface area contributed by atoms with E-state index < -0.39 is 15.1 Å². The van der Waals surface area contributed by atoms with Gasteiger partial charge in [-0.25, -0.2) is 0 Å². The van der Waals surface area contributed by atoms with Crippen LogP contribution in [0, 0.1) is 0 Å². The van der Waals surface area contributed by atoms with Gasteiger partial charge in [-0.15, -0.1) is 0 Å². The Balaban J connectivity index is 0. The molecule has 1 aliphatic heterocycles. The zero-order valence-electron chi connectivity index (χ0n) is 5.71. The van der Waals surface area contributed by atoms with Crippen molar-refractivity contribution in [3.8, 4) is 0 Å². The predicted molar refractivity (Wildman–Crippen MR) is 49.5 cm³/mol. The van der Waals surface area contributed by atoms with Crippen molar-refractivity contribution in [1.82, 2.24) is 0 Å². The van der Waals surface area contributed by atoms with Gasteiger partial charge < -0.3 is 0 Å². The average Bonchev–Trinajstić information content (AvgIpc) is 1.93. The Morgan fingerprint density at radius 3 is 1.50 bits per heavy atom. The molecular formula is C5H12AlCl2NaZn. The van der Waals surface area contributed by atoms with Gasteiger partial charge in [-0.05, 0) is 0 Å². The van der Waals surface area contributed by atoms with Gasteiger partial charge in [0.15, 0.2) is 0 Å². The Bertz CT molecular complexity index is 43.4. The molecule has 1 rings (SSSR count). The summed E-state index contributed by atoms with van der Waals surface area (Å²) in [5, 5.41) is 3.28. The first-order chi connectivity index (χ1) is 4.41. The van der Waals surface area contributed by atoms with Crippen LogP contribution >= 0.6 is 19.4 Å². The first-order valence-corrected chi connectivity index (χ1v) is 13.3. The third kappa shape index (κ3) is 13.3. The van der Waals surface area contributed by atoms with E-state index in [0.29, 0.717) is 15.2 Å². The van der Waals surface area contributed by atoms with E-state index in [9.17, 15) is 0 Å². The summed E-state index contributed by atoms with van der Waals surface area (Å²) in [5.74, 6) is 0. The van der Waals surface area contributed by atoms with E-state index in [1.807, 2.05) is 0 Å². The first-order valence-electron chi connectivity index (χ1n) is 3.53. The quantitative estimate of drug-likeness (QED) is 0.584. The third-order valence-electron chi connectivity index (χ3n) is 1.50. The molecule has 0 spiro atoms. The van der Waals surface area contributed by atoms with Gasteiger partial charge in [-0.2, -0.15) is 0 Å². The van der Waals surface area contributed by atoms with Gasteiger partial charge in [0.2, 0.25) is 15.2 Å². The minimum atomic E-state index is -0.931. The molecule has 1 fully saturated rings. The topological polar surface area (TPSA) is 0 Å². The van der Waals surface area contributed by atoms with Gasteiger partial charge in [0.25, 0.3) is 0 Å². The van der Waals surface area contributed by atoms with E-state index in [-0.39, 0.29) is 29.6 Å². The molecule has 0 N–H and O–H groups in total. The second kappa shape index (κ2) is 14.3. The van der Waals surface area contributed by atoms with Crippen LogP contribution < -0.4 is 0 Å². The summed E-state index contributed by atoms with van der Waals surface area (Å²) in [6.07, 6.45) is 4.66. The fourth-order valence-corrected chi connectivity index (χ4v) is 2.83. The number of hydrogen-bond acceptors (Lipinski definition) is 0. The van der Waals surface area contributed by atoms with Gasteiger partial charge in [0.05, 0.1) is 0 Å². The molecular weight excluding hydrogens is 246 g/mol. The van der Waals surface area contributed by atoms with Crippen LogP contribution in [0.1, 0.15) is 19.3 Å². The normalized spacial score (nSPS) is 14.6. The van der Waals surface area contributed by atoms with Crippen LogP contribution in [0.3, 0.4) is 0 Å². The summed E-state index contributed by atoms with van der Waals surface area (Å²) in [6, 6.07) is 0. The molecule has 0 aromatic carbocycles. The second-order valence-electron chi connectivity index (χ2n) is 2.22. The molecule has 0 radical (unpaired) electrons. The third-order valence-corrected chi connectivity index (χ3v) is 3.50. The van der Waals surface area contributed by atoms with E-state index in [4.69, 9.17) is 19.4 Å². The van der Waals surface area contributed by atoms with E-state index in [1.54, 1.807) is 23.4 Å². The first kappa shape index (κ1) is 15.2. The fourth-order valence-electron chi connectivity index (χ4n) is 1.06. The Kier molecular flexibility index (Phi) is 21.7. The van der Waals surface area contributed by atoms with Crippen LogP contribution in [0.2, 0.25) is 10.6 Å². The summed E-state index contributed by atoms with van der Waals surface area (Å²) in [7, 11) is 9.90. The van der Waals surface area contributed by atoms with Crippen LogP contribution in [0.25, 0.3) is 0 Å². The van der Waals surface area contributed by atoms with Crippen molar-refractivity contribution < 1.29 is 15.1 Å². The zero-order chi connectivity index (χ0) is 6.95. The fraction of sp³-hybridized carbons (Fsp3) is 1.00. The van der Waals surface area contributed by atoms with Crippen molar-refractivity contribution in [2.45, 2.75) is 29.8 Å². The van der Waals surface area contributed by atoms with Gasteiger partial charge in [0.1, 0.15) is 0 Å². The molecule has 0 saturated carbocycles. The summed E-state index contributed by atoms with van der Waals surface area (Å²) < 4.78 is 0. The molecule has 0 aromatic heterocycles. The maximum absolute atomic E-state index is 4.95. The molecule has 0 aliphatic carbocycles. The molecule has 0 aromatic rings. The summed E-state index contributed by atoms with van der Waals surface area (Å²) in [6.45, 7) is 0. The van der Waals surface area contributed by atoms with Crippen LogP contribution in [-0.2, 0) is 15.1 Å². The number of halogens is 2. The zero-order valence-corrected chi connectivity index (χ0v) is 11.6. The molecule has 10 heavy (non-hydrogen) atoms. The molecule has 0 nitrogen and oxygen atoms in total. The summed E-state index contributed by atoms with van der Waals surface area (Å²) in [4.78, 5) is 0. The SMILES string of the molecule is C1C[CH2][AlH][CH2]C1.[Cl][Zn][Cl].[NaH]. The Morgan fingerprint density at radius 1 is 1.00 bits per heavy atom. The van der Waals surface area contributed by atoms with E-state index in [1.165, 1.54) is 6.42 Å². The molecule has 52 valence electrons. The van der Waals surface area contributed by atoms with E-state index in [0.717, 1.165) is 0 Å². The molecule has 0 unspecified atom stereocenters. The van der Waals surface area contributed by atoms with Crippen molar-refractivity contribution in [2.75, 3.05) is 0 Å². The molecule has 1 aliphatic rings. The molecule has 0 amide bonds. The van der Waals surface area contributed by atoms with Crippen LogP contribution in [-0.4, -0.2) is 44.8 Å². The van der Waals surface area contributed by atoms with Crippen LogP contribution in [0.15, 0.2) is 0 Å². The number of hydrogen-bond donors (Lipinski definition) is 0. The molecule has 0 atom stereocenters. The molecule has 0 bridgehead atoms. The van der Waals surface area contributed by atoms with Crippen molar-refractivity contribution in [3.05, 3.63) is 0 Å². The monoisotopic (exact) mass is 256 g/mol. The maximum atomic E-state index is 4.95. The van der Waals surface area contributed by atoms with Crippen molar-refractivity contribution >= 4 is 64.2 Å². The average molecular weight is 258 g/mol. The summed E-state index contributed by atoms with van der Waals surface area (Å²) >= 11 is -0.422. The van der Waals surface area contributed by atoms with Crippen molar-refractivity contribution in [3.63, 3.8) is 0 Å². The minimum absolute atomic E-state index is 0. The van der Waals surface area contributed by atoms with Crippen molar-refractivity contribution in [1.29, 1.82) is 0 Å². The van der Waals surface area contributed by atoms with Gasteiger partial charge >= 0.3 is 64.1 Å². The predicted octanol–water partition coefficient (Wildman–Crippen LogP) is 2.17. The van der Waals surface area contributed by atoms with E-state index in [2.05, 4.69) is 0 Å². The Labute approximate surface area is 107 Å². The second-order valence-corrected chi connectivity index (χ2v) is 8.97. The van der Waals surface area contributed by atoms with Gasteiger partial charge in [-0.1, -0.05) is 29.8 Å². The Hall–Kier alpha value is 2.74.